The van der Waals surface area contributed by atoms with Gasteiger partial charge >= 0.3 is 0 Å². The zero-order chi connectivity index (χ0) is 10.3. The van der Waals surface area contributed by atoms with E-state index in [0.717, 1.165) is 12.8 Å². The van der Waals surface area contributed by atoms with Crippen molar-refractivity contribution in [2.24, 2.45) is 0 Å². The minimum absolute atomic E-state index is 0.141. The Morgan fingerprint density at radius 2 is 2.13 bits per heavy atom. The smallest absolute Gasteiger partial charge is 0.0677 e. The summed E-state index contributed by atoms with van der Waals surface area (Å²) in [6.07, 6.45) is 4.67. The Labute approximate surface area is 90.3 Å². The van der Waals surface area contributed by atoms with Crippen molar-refractivity contribution in [3.63, 3.8) is 0 Å². The van der Waals surface area contributed by atoms with Crippen LogP contribution in [0.15, 0.2) is 24.3 Å². The lowest BCUT2D eigenvalue weighted by Crippen LogP contribution is -2.45. The fraction of sp³-hybridized carbons (Fsp3) is 0.538. The van der Waals surface area contributed by atoms with Gasteiger partial charge < -0.3 is 10.4 Å². The number of hydrogen-bond donors (Lipinski definition) is 2. The van der Waals surface area contributed by atoms with Crippen LogP contribution in [0, 0.1) is 0 Å². The number of fused-ring (bicyclic) bond motifs is 1. The highest BCUT2D eigenvalue weighted by atomic mass is 16.3. The first-order valence-corrected chi connectivity index (χ1v) is 5.81. The van der Waals surface area contributed by atoms with E-state index < -0.39 is 0 Å². The third kappa shape index (κ3) is 1.48. The highest BCUT2D eigenvalue weighted by Crippen LogP contribution is 2.39. The molecule has 0 amide bonds. The summed E-state index contributed by atoms with van der Waals surface area (Å²) in [5, 5.41) is 13.3. The summed E-state index contributed by atoms with van der Waals surface area (Å²) in [6, 6.07) is 9.14. The molecule has 0 aromatic heterocycles. The summed E-state index contributed by atoms with van der Waals surface area (Å²) in [5.41, 5.74) is 2.58. The molecule has 1 fully saturated rings. The summed E-state index contributed by atoms with van der Waals surface area (Å²) in [4.78, 5) is 0. The molecule has 3 rings (SSSR count). The van der Waals surface area contributed by atoms with Crippen molar-refractivity contribution >= 4 is 0 Å². The van der Waals surface area contributed by atoms with Gasteiger partial charge in [-0.1, -0.05) is 24.3 Å². The molecule has 1 unspecified atom stereocenters. The van der Waals surface area contributed by atoms with Crippen LogP contribution in [0.4, 0.5) is 0 Å². The monoisotopic (exact) mass is 203 g/mol. The van der Waals surface area contributed by atoms with Crippen molar-refractivity contribution in [2.45, 2.75) is 37.3 Å². The Balaban J connectivity index is 1.96. The van der Waals surface area contributed by atoms with Crippen LogP contribution in [-0.2, 0) is 12.0 Å². The van der Waals surface area contributed by atoms with E-state index in [1.54, 1.807) is 0 Å². The average Bonchev–Trinajstić information content (AvgIpc) is 3.01. The Morgan fingerprint density at radius 3 is 2.87 bits per heavy atom. The maximum atomic E-state index is 9.68. The molecule has 1 atom stereocenters. The molecule has 1 aromatic carbocycles. The van der Waals surface area contributed by atoms with Gasteiger partial charge in [-0.3, -0.25) is 0 Å². The van der Waals surface area contributed by atoms with Crippen LogP contribution in [0.5, 0.6) is 0 Å². The molecule has 1 aromatic rings. The maximum Gasteiger partial charge on any atom is 0.0677 e. The molecule has 0 saturated heterocycles. The van der Waals surface area contributed by atoms with Gasteiger partial charge in [0.15, 0.2) is 0 Å². The van der Waals surface area contributed by atoms with Crippen LogP contribution in [-0.4, -0.2) is 17.8 Å². The van der Waals surface area contributed by atoms with Gasteiger partial charge in [-0.15, -0.1) is 0 Å². The molecule has 2 N–H and O–H groups in total. The van der Waals surface area contributed by atoms with E-state index in [4.69, 9.17) is 0 Å². The fourth-order valence-electron chi connectivity index (χ4n) is 2.67. The predicted molar refractivity (Wildman–Crippen MR) is 59.7 cm³/mol. The molecule has 0 heterocycles. The van der Waals surface area contributed by atoms with Gasteiger partial charge in [0, 0.05) is 6.04 Å². The Bertz CT molecular complexity index is 373. The van der Waals surface area contributed by atoms with Gasteiger partial charge in [-0.25, -0.2) is 0 Å². The zero-order valence-corrected chi connectivity index (χ0v) is 8.87. The zero-order valence-electron chi connectivity index (χ0n) is 8.87. The molecular formula is C13H17NO. The lowest BCUT2D eigenvalue weighted by Gasteiger charge is -2.29. The maximum absolute atomic E-state index is 9.68. The van der Waals surface area contributed by atoms with Crippen LogP contribution in [0.25, 0.3) is 0 Å². The van der Waals surface area contributed by atoms with E-state index in [-0.39, 0.29) is 12.1 Å². The van der Waals surface area contributed by atoms with Crippen LogP contribution in [0.3, 0.4) is 0 Å². The minimum Gasteiger partial charge on any atom is -0.394 e. The predicted octanol–water partition coefficient (Wildman–Crippen LogP) is 1.57. The van der Waals surface area contributed by atoms with Gasteiger partial charge in [-0.2, -0.15) is 0 Å². The molecule has 0 bridgehead atoms. The van der Waals surface area contributed by atoms with E-state index in [2.05, 4.69) is 29.6 Å². The largest absolute Gasteiger partial charge is 0.394 e. The number of rotatable bonds is 3. The van der Waals surface area contributed by atoms with E-state index >= 15 is 0 Å². The van der Waals surface area contributed by atoms with E-state index in [9.17, 15) is 5.11 Å². The second kappa shape index (κ2) is 3.32. The van der Waals surface area contributed by atoms with Crippen LogP contribution in [0.1, 0.15) is 30.4 Å². The number of aliphatic hydroxyl groups excluding tert-OH is 1. The van der Waals surface area contributed by atoms with Crippen molar-refractivity contribution in [3.05, 3.63) is 35.4 Å². The fourth-order valence-corrected chi connectivity index (χ4v) is 2.67. The Hall–Kier alpha value is -0.860. The minimum atomic E-state index is -0.141. The van der Waals surface area contributed by atoms with Crippen molar-refractivity contribution in [1.29, 1.82) is 0 Å². The van der Waals surface area contributed by atoms with Gasteiger partial charge in [-0.05, 0) is 36.8 Å². The first-order chi connectivity index (χ1) is 7.34. The number of aryl methyl sites for hydroxylation is 1. The molecule has 80 valence electrons. The normalized spacial score (nSPS) is 29.1. The topological polar surface area (TPSA) is 32.3 Å². The summed E-state index contributed by atoms with van der Waals surface area (Å²) in [5.74, 6) is 0. The van der Waals surface area contributed by atoms with Crippen LogP contribution < -0.4 is 5.32 Å². The van der Waals surface area contributed by atoms with Gasteiger partial charge in [0.1, 0.15) is 0 Å². The molecule has 0 radical (unpaired) electrons. The molecule has 2 aliphatic carbocycles. The molecule has 1 saturated carbocycles. The number of benzene rings is 1. The lowest BCUT2D eigenvalue weighted by atomic mass is 9.92. The SMILES string of the molecule is OCC1(NC2CC2)CCc2ccccc21. The third-order valence-electron chi connectivity index (χ3n) is 3.68. The summed E-state index contributed by atoms with van der Waals surface area (Å²) >= 11 is 0. The Morgan fingerprint density at radius 1 is 1.33 bits per heavy atom. The van der Waals surface area contributed by atoms with Gasteiger partial charge in [0.2, 0.25) is 0 Å². The molecule has 2 heteroatoms. The molecule has 2 aliphatic rings. The molecule has 0 aliphatic heterocycles. The second-order valence-electron chi connectivity index (χ2n) is 4.82. The average molecular weight is 203 g/mol. The quantitative estimate of drug-likeness (QED) is 0.781. The molecular weight excluding hydrogens is 186 g/mol. The van der Waals surface area contributed by atoms with E-state index in [0.29, 0.717) is 6.04 Å². The standard InChI is InChI=1S/C13H17NO/c15-9-13(14-11-5-6-11)8-7-10-3-1-2-4-12(10)13/h1-4,11,14-15H,5-9H2. The van der Waals surface area contributed by atoms with Crippen LogP contribution >= 0.6 is 0 Å². The number of nitrogens with one attached hydrogen (secondary N) is 1. The van der Waals surface area contributed by atoms with Crippen molar-refractivity contribution < 1.29 is 5.11 Å². The molecule has 15 heavy (non-hydrogen) atoms. The number of hydrogen-bond acceptors (Lipinski definition) is 2. The number of aliphatic hydroxyl groups is 1. The van der Waals surface area contributed by atoms with E-state index in [1.165, 1.54) is 24.0 Å². The molecule has 2 nitrogen and oxygen atoms in total. The highest BCUT2D eigenvalue weighted by Gasteiger charge is 2.41. The van der Waals surface area contributed by atoms with Gasteiger partial charge in [0.25, 0.3) is 0 Å². The van der Waals surface area contributed by atoms with Crippen molar-refractivity contribution in [1.82, 2.24) is 5.32 Å². The molecule has 0 spiro atoms. The van der Waals surface area contributed by atoms with Crippen LogP contribution in [0.2, 0.25) is 0 Å². The summed E-state index contributed by atoms with van der Waals surface area (Å²) in [6.45, 7) is 0.223. The lowest BCUT2D eigenvalue weighted by molar-refractivity contribution is 0.158. The summed E-state index contributed by atoms with van der Waals surface area (Å²) in [7, 11) is 0. The van der Waals surface area contributed by atoms with E-state index in [1.807, 2.05) is 0 Å². The highest BCUT2D eigenvalue weighted by molar-refractivity contribution is 5.39. The van der Waals surface area contributed by atoms with Crippen molar-refractivity contribution in [3.8, 4) is 0 Å². The Kier molecular flexibility index (Phi) is 2.08. The second-order valence-corrected chi connectivity index (χ2v) is 4.82. The first kappa shape index (κ1) is 9.37. The third-order valence-corrected chi connectivity index (χ3v) is 3.68. The van der Waals surface area contributed by atoms with Gasteiger partial charge in [0.05, 0.1) is 12.1 Å². The van der Waals surface area contributed by atoms with Crippen molar-refractivity contribution in [2.75, 3.05) is 6.61 Å². The first-order valence-electron chi connectivity index (χ1n) is 5.81. The summed E-state index contributed by atoms with van der Waals surface area (Å²) < 4.78 is 0.